The SMILES string of the molecule is CC1CCN(CC2CCN(C(=O)[C@@H]3CCCN3c3nc(N)n4nc(-c5ccco5)nc4n3)CC2)CC1. The van der Waals surface area contributed by atoms with Gasteiger partial charge in [-0.1, -0.05) is 6.92 Å². The summed E-state index contributed by atoms with van der Waals surface area (Å²) >= 11 is 0. The molecule has 3 saturated heterocycles. The molecule has 0 bridgehead atoms. The number of hydrogen-bond acceptors (Lipinski definition) is 9. The van der Waals surface area contributed by atoms with Crippen molar-refractivity contribution in [3.8, 4) is 11.6 Å². The first-order valence-electron chi connectivity index (χ1n) is 13.3. The smallest absolute Gasteiger partial charge is 0.259 e. The molecule has 11 nitrogen and oxygen atoms in total. The number of carbonyl (C=O) groups is 1. The van der Waals surface area contributed by atoms with Crippen molar-refractivity contribution in [1.29, 1.82) is 0 Å². The van der Waals surface area contributed by atoms with Gasteiger partial charge in [0.25, 0.3) is 5.78 Å². The van der Waals surface area contributed by atoms with Crippen LogP contribution in [0.3, 0.4) is 0 Å². The Kier molecular flexibility index (Phi) is 6.24. The third kappa shape index (κ3) is 4.52. The molecule has 3 aliphatic heterocycles. The maximum absolute atomic E-state index is 13.6. The van der Waals surface area contributed by atoms with E-state index in [4.69, 9.17) is 10.2 Å². The summed E-state index contributed by atoms with van der Waals surface area (Å²) in [5.41, 5.74) is 6.21. The van der Waals surface area contributed by atoms with Gasteiger partial charge in [0.1, 0.15) is 6.04 Å². The van der Waals surface area contributed by atoms with E-state index in [9.17, 15) is 4.79 Å². The van der Waals surface area contributed by atoms with Crippen molar-refractivity contribution in [1.82, 2.24) is 34.4 Å². The van der Waals surface area contributed by atoms with Gasteiger partial charge in [0.05, 0.1) is 6.26 Å². The normalized spacial score (nSPS) is 22.6. The maximum atomic E-state index is 13.6. The summed E-state index contributed by atoms with van der Waals surface area (Å²) in [4.78, 5) is 33.8. The highest BCUT2D eigenvalue weighted by atomic mass is 16.3. The zero-order valence-electron chi connectivity index (χ0n) is 20.9. The van der Waals surface area contributed by atoms with Gasteiger partial charge in [-0.3, -0.25) is 4.79 Å². The number of furan rings is 1. The predicted molar refractivity (Wildman–Crippen MR) is 135 cm³/mol. The highest BCUT2D eigenvalue weighted by molar-refractivity contribution is 5.85. The summed E-state index contributed by atoms with van der Waals surface area (Å²) in [5.74, 6) is 3.62. The Balaban J connectivity index is 1.12. The Morgan fingerprint density at radius 1 is 1.06 bits per heavy atom. The number of anilines is 2. The fourth-order valence-electron chi connectivity index (χ4n) is 5.85. The van der Waals surface area contributed by atoms with Gasteiger partial charge in [0, 0.05) is 26.2 Å². The monoisotopic (exact) mass is 493 g/mol. The fraction of sp³-hybridized carbons (Fsp3) is 0.640. The van der Waals surface area contributed by atoms with Crippen molar-refractivity contribution in [3.05, 3.63) is 18.4 Å². The number of nitrogens with zero attached hydrogens (tertiary/aromatic N) is 8. The number of amides is 1. The van der Waals surface area contributed by atoms with Gasteiger partial charge < -0.3 is 24.9 Å². The van der Waals surface area contributed by atoms with Crippen molar-refractivity contribution < 1.29 is 9.21 Å². The van der Waals surface area contributed by atoms with Crippen LogP contribution >= 0.6 is 0 Å². The number of aromatic nitrogens is 5. The zero-order chi connectivity index (χ0) is 24.6. The lowest BCUT2D eigenvalue weighted by atomic mass is 9.93. The van der Waals surface area contributed by atoms with Gasteiger partial charge in [-0.15, -0.1) is 5.10 Å². The van der Waals surface area contributed by atoms with Crippen molar-refractivity contribution in [2.24, 2.45) is 11.8 Å². The number of nitrogen functional groups attached to an aromatic ring is 1. The molecule has 192 valence electrons. The van der Waals surface area contributed by atoms with E-state index >= 15 is 0 Å². The van der Waals surface area contributed by atoms with E-state index in [1.54, 1.807) is 18.4 Å². The summed E-state index contributed by atoms with van der Waals surface area (Å²) in [6.45, 7) is 8.35. The number of fused-ring (bicyclic) bond motifs is 1. The van der Waals surface area contributed by atoms with E-state index in [-0.39, 0.29) is 17.9 Å². The molecular weight excluding hydrogens is 458 g/mol. The largest absolute Gasteiger partial charge is 0.461 e. The molecule has 3 fully saturated rings. The summed E-state index contributed by atoms with van der Waals surface area (Å²) in [7, 11) is 0. The number of piperidine rings is 2. The third-order valence-electron chi connectivity index (χ3n) is 8.08. The van der Waals surface area contributed by atoms with E-state index in [0.29, 0.717) is 29.2 Å². The number of rotatable bonds is 5. The van der Waals surface area contributed by atoms with Crippen LogP contribution in [-0.4, -0.2) is 85.6 Å². The molecule has 6 heterocycles. The minimum atomic E-state index is -0.264. The number of likely N-dealkylation sites (tertiary alicyclic amines) is 2. The summed E-state index contributed by atoms with van der Waals surface area (Å²) in [6.07, 6.45) is 8.06. The second-order valence-corrected chi connectivity index (χ2v) is 10.6. The average Bonchev–Trinajstić information content (AvgIpc) is 3.66. The maximum Gasteiger partial charge on any atom is 0.259 e. The topological polar surface area (TPSA) is 122 Å². The molecule has 3 aromatic heterocycles. The molecule has 0 spiro atoms. The summed E-state index contributed by atoms with van der Waals surface area (Å²) in [5, 5.41) is 4.37. The van der Waals surface area contributed by atoms with Crippen LogP contribution in [0.25, 0.3) is 17.4 Å². The lowest BCUT2D eigenvalue weighted by molar-refractivity contribution is -0.133. The highest BCUT2D eigenvalue weighted by Crippen LogP contribution is 2.28. The third-order valence-corrected chi connectivity index (χ3v) is 8.08. The van der Waals surface area contributed by atoms with E-state index in [1.165, 1.54) is 37.0 Å². The van der Waals surface area contributed by atoms with Gasteiger partial charge in [0.2, 0.25) is 23.6 Å². The summed E-state index contributed by atoms with van der Waals surface area (Å²) in [6, 6.07) is 3.29. The van der Waals surface area contributed by atoms with Crippen LogP contribution in [-0.2, 0) is 4.79 Å². The van der Waals surface area contributed by atoms with Crippen molar-refractivity contribution in [3.63, 3.8) is 0 Å². The van der Waals surface area contributed by atoms with E-state index in [2.05, 4.69) is 31.9 Å². The standard InChI is InChI=1S/C25H35N9O2/c1-17-6-11-31(12-7-17)16-18-8-13-32(14-9-18)22(35)19-4-2-10-33(19)24-28-23(26)34-25(29-24)27-21(30-34)20-5-3-15-36-20/h3,5,15,17-19H,2,4,6-14,16H2,1H3,(H2,26,27,28,29,30)/t19-/m0/s1. The van der Waals surface area contributed by atoms with Crippen LogP contribution in [0.5, 0.6) is 0 Å². The van der Waals surface area contributed by atoms with Crippen LogP contribution in [0.2, 0.25) is 0 Å². The molecule has 1 amide bonds. The Bertz CT molecular complexity index is 1190. The second-order valence-electron chi connectivity index (χ2n) is 10.6. The Labute approximate surface area is 210 Å². The molecule has 0 aromatic carbocycles. The number of carbonyl (C=O) groups excluding carboxylic acids is 1. The first-order valence-corrected chi connectivity index (χ1v) is 13.3. The van der Waals surface area contributed by atoms with Crippen LogP contribution < -0.4 is 10.6 Å². The minimum Gasteiger partial charge on any atom is -0.461 e. The molecule has 36 heavy (non-hydrogen) atoms. The first-order chi connectivity index (χ1) is 17.5. The van der Waals surface area contributed by atoms with Crippen molar-refractivity contribution >= 4 is 23.6 Å². The van der Waals surface area contributed by atoms with E-state index in [1.807, 2.05) is 9.80 Å². The quantitative estimate of drug-likeness (QED) is 0.570. The van der Waals surface area contributed by atoms with E-state index < -0.39 is 0 Å². The van der Waals surface area contributed by atoms with Crippen LogP contribution in [0, 0.1) is 11.8 Å². The predicted octanol–water partition coefficient (Wildman–Crippen LogP) is 2.30. The van der Waals surface area contributed by atoms with Gasteiger partial charge >= 0.3 is 0 Å². The minimum absolute atomic E-state index is 0.178. The molecule has 2 N–H and O–H groups in total. The van der Waals surface area contributed by atoms with Gasteiger partial charge in [-0.05, 0) is 75.6 Å². The van der Waals surface area contributed by atoms with Gasteiger partial charge in [0.15, 0.2) is 5.76 Å². The fourth-order valence-corrected chi connectivity index (χ4v) is 5.85. The van der Waals surface area contributed by atoms with Gasteiger partial charge in [-0.25, -0.2) is 0 Å². The van der Waals surface area contributed by atoms with Crippen LogP contribution in [0.15, 0.2) is 22.8 Å². The Morgan fingerprint density at radius 2 is 1.86 bits per heavy atom. The molecule has 11 heteroatoms. The Hall–Kier alpha value is -3.21. The molecule has 3 aromatic rings. The zero-order valence-corrected chi connectivity index (χ0v) is 20.9. The molecule has 0 aliphatic carbocycles. The number of hydrogen-bond donors (Lipinski definition) is 1. The van der Waals surface area contributed by atoms with Gasteiger partial charge in [-0.2, -0.15) is 19.5 Å². The highest BCUT2D eigenvalue weighted by Gasteiger charge is 2.37. The lowest BCUT2D eigenvalue weighted by Gasteiger charge is -2.38. The van der Waals surface area contributed by atoms with Crippen molar-refractivity contribution in [2.45, 2.75) is 51.5 Å². The molecular formula is C25H35N9O2. The number of nitrogens with two attached hydrogens (primary N) is 1. The second kappa shape index (κ2) is 9.68. The molecule has 0 unspecified atom stereocenters. The Morgan fingerprint density at radius 3 is 2.61 bits per heavy atom. The van der Waals surface area contributed by atoms with Crippen LogP contribution in [0.1, 0.15) is 45.4 Å². The summed E-state index contributed by atoms with van der Waals surface area (Å²) < 4.78 is 6.80. The molecule has 1 atom stereocenters. The molecule has 6 rings (SSSR count). The van der Waals surface area contributed by atoms with Crippen LogP contribution in [0.4, 0.5) is 11.9 Å². The molecule has 0 saturated carbocycles. The molecule has 3 aliphatic rings. The van der Waals surface area contributed by atoms with Crippen molar-refractivity contribution in [2.75, 3.05) is 49.9 Å². The lowest BCUT2D eigenvalue weighted by Crippen LogP contribution is -2.50. The van der Waals surface area contributed by atoms with E-state index in [0.717, 1.165) is 51.2 Å². The molecule has 0 radical (unpaired) electrons. The first kappa shape index (κ1) is 23.2. The average molecular weight is 494 g/mol.